The average molecular weight is 343 g/mol. The van der Waals surface area contributed by atoms with E-state index in [0.717, 1.165) is 31.1 Å². The van der Waals surface area contributed by atoms with Gasteiger partial charge in [-0.3, -0.25) is 4.79 Å². The number of hydrogen-bond acceptors (Lipinski definition) is 3. The van der Waals surface area contributed by atoms with Gasteiger partial charge in [-0.2, -0.15) is 4.31 Å². The fraction of sp³-hybridized carbons (Fsp3) is 0.941. The van der Waals surface area contributed by atoms with Gasteiger partial charge in [-0.05, 0) is 49.9 Å². The van der Waals surface area contributed by atoms with E-state index in [-0.39, 0.29) is 6.04 Å². The second-order valence-electron chi connectivity index (χ2n) is 7.72. The third kappa shape index (κ3) is 3.73. The zero-order valence-electron chi connectivity index (χ0n) is 14.4. The maximum absolute atomic E-state index is 12.6. The molecule has 0 aromatic carbocycles. The molecule has 5 nitrogen and oxygen atoms in total. The van der Waals surface area contributed by atoms with Crippen LogP contribution in [0.3, 0.4) is 0 Å². The minimum absolute atomic E-state index is 0.0570. The molecule has 1 aliphatic heterocycles. The Morgan fingerprint density at radius 2 is 1.83 bits per heavy atom. The van der Waals surface area contributed by atoms with Gasteiger partial charge in [0.15, 0.2) is 0 Å². The maximum Gasteiger partial charge on any atom is 0.222 e. The number of hydrogen-bond donors (Lipinski definition) is 0. The third-order valence-electron chi connectivity index (χ3n) is 6.28. The number of carbonyl (C=O) groups is 1. The fourth-order valence-corrected chi connectivity index (χ4v) is 6.37. The smallest absolute Gasteiger partial charge is 0.222 e. The highest BCUT2D eigenvalue weighted by Gasteiger charge is 2.41. The summed E-state index contributed by atoms with van der Waals surface area (Å²) in [5.74, 6) is 2.59. The monoisotopic (exact) mass is 342 g/mol. The Bertz CT molecular complexity index is 540. The number of likely N-dealkylation sites (tertiary alicyclic amines) is 1. The van der Waals surface area contributed by atoms with Crippen LogP contribution in [0.4, 0.5) is 0 Å². The van der Waals surface area contributed by atoms with Crippen LogP contribution in [0.2, 0.25) is 0 Å². The van der Waals surface area contributed by atoms with Crippen LogP contribution in [0, 0.1) is 17.8 Å². The molecule has 6 heteroatoms. The number of amides is 1. The summed E-state index contributed by atoms with van der Waals surface area (Å²) in [5, 5.41) is 0. The molecule has 3 aliphatic rings. The molecular formula is C17H30N2O3S. The van der Waals surface area contributed by atoms with Crippen molar-refractivity contribution in [1.82, 2.24) is 9.21 Å². The van der Waals surface area contributed by atoms with Gasteiger partial charge in [-0.15, -0.1) is 0 Å². The number of sulfonamides is 1. The van der Waals surface area contributed by atoms with Crippen LogP contribution in [0.1, 0.15) is 51.9 Å². The van der Waals surface area contributed by atoms with Gasteiger partial charge >= 0.3 is 0 Å². The Morgan fingerprint density at radius 3 is 2.30 bits per heavy atom. The number of fused-ring (bicyclic) bond motifs is 2. The van der Waals surface area contributed by atoms with Crippen LogP contribution in [0.25, 0.3) is 0 Å². The summed E-state index contributed by atoms with van der Waals surface area (Å²) >= 11 is 0. The normalized spacial score (nSPS) is 32.0. The molecule has 1 heterocycles. The minimum atomic E-state index is -3.15. The van der Waals surface area contributed by atoms with E-state index in [0.29, 0.717) is 31.5 Å². The molecule has 2 bridgehead atoms. The van der Waals surface area contributed by atoms with Gasteiger partial charge in [-0.1, -0.05) is 13.3 Å². The standard InChI is InChI=1S/C17H30N2O3S/c1-3-19(23(2,21)22)16-6-8-18(9-7-16)17(20)12-15-11-13-4-5-14(15)10-13/h13-16H,3-12H2,1-2H3/t13-,14-,15+/m0/s1. The van der Waals surface area contributed by atoms with Crippen molar-refractivity contribution in [3.63, 3.8) is 0 Å². The summed E-state index contributed by atoms with van der Waals surface area (Å²) in [6.45, 7) is 3.81. The largest absolute Gasteiger partial charge is 0.343 e. The molecule has 23 heavy (non-hydrogen) atoms. The molecule has 0 aromatic heterocycles. The second-order valence-corrected chi connectivity index (χ2v) is 9.65. The first-order valence-electron chi connectivity index (χ1n) is 9.13. The Hall–Kier alpha value is -0.620. The SMILES string of the molecule is CCN(C1CCN(C(=O)C[C@H]2C[C@H]3CC[C@H]2C3)CC1)S(C)(=O)=O. The van der Waals surface area contributed by atoms with Crippen LogP contribution in [0.15, 0.2) is 0 Å². The molecule has 2 aliphatic carbocycles. The Kier molecular flexibility index (Phi) is 5.02. The highest BCUT2D eigenvalue weighted by molar-refractivity contribution is 7.88. The number of nitrogens with zero attached hydrogens (tertiary/aromatic N) is 2. The molecule has 132 valence electrons. The second kappa shape index (κ2) is 6.71. The van der Waals surface area contributed by atoms with Crippen molar-refractivity contribution in [1.29, 1.82) is 0 Å². The Morgan fingerprint density at radius 1 is 1.13 bits per heavy atom. The first-order chi connectivity index (χ1) is 10.9. The predicted octanol–water partition coefficient (Wildman–Crippen LogP) is 2.09. The molecule has 0 unspecified atom stereocenters. The van der Waals surface area contributed by atoms with Crippen molar-refractivity contribution < 1.29 is 13.2 Å². The highest BCUT2D eigenvalue weighted by atomic mass is 32.2. The van der Waals surface area contributed by atoms with Gasteiger partial charge in [-0.25, -0.2) is 8.42 Å². The fourth-order valence-electron chi connectivity index (χ4n) is 5.15. The lowest BCUT2D eigenvalue weighted by atomic mass is 9.86. The Balaban J connectivity index is 1.49. The van der Waals surface area contributed by atoms with E-state index in [1.807, 2.05) is 11.8 Å². The van der Waals surface area contributed by atoms with E-state index >= 15 is 0 Å². The topological polar surface area (TPSA) is 57.7 Å². The van der Waals surface area contributed by atoms with Crippen molar-refractivity contribution in [3.8, 4) is 0 Å². The lowest BCUT2D eigenvalue weighted by molar-refractivity contribution is -0.134. The summed E-state index contributed by atoms with van der Waals surface area (Å²) in [7, 11) is -3.15. The average Bonchev–Trinajstić information content (AvgIpc) is 3.09. The lowest BCUT2D eigenvalue weighted by Gasteiger charge is -2.37. The zero-order valence-corrected chi connectivity index (χ0v) is 15.2. The van der Waals surface area contributed by atoms with Crippen molar-refractivity contribution in [3.05, 3.63) is 0 Å². The Labute approximate surface area is 140 Å². The van der Waals surface area contributed by atoms with E-state index in [2.05, 4.69) is 0 Å². The summed E-state index contributed by atoms with van der Waals surface area (Å²) in [5.41, 5.74) is 0. The van der Waals surface area contributed by atoms with Gasteiger partial charge in [0, 0.05) is 32.1 Å². The van der Waals surface area contributed by atoms with Gasteiger partial charge < -0.3 is 4.90 Å². The highest BCUT2D eigenvalue weighted by Crippen LogP contribution is 2.49. The van der Waals surface area contributed by atoms with Crippen molar-refractivity contribution in [2.45, 2.75) is 57.9 Å². The predicted molar refractivity (Wildman–Crippen MR) is 90.4 cm³/mol. The molecular weight excluding hydrogens is 312 g/mol. The van der Waals surface area contributed by atoms with Crippen molar-refractivity contribution in [2.24, 2.45) is 17.8 Å². The van der Waals surface area contributed by atoms with Gasteiger partial charge in [0.25, 0.3) is 0 Å². The molecule has 1 amide bonds. The molecule has 3 rings (SSSR count). The number of piperidine rings is 1. The van der Waals surface area contributed by atoms with Crippen LogP contribution >= 0.6 is 0 Å². The summed E-state index contributed by atoms with van der Waals surface area (Å²) < 4.78 is 25.2. The molecule has 2 saturated carbocycles. The van der Waals surface area contributed by atoms with E-state index < -0.39 is 10.0 Å². The van der Waals surface area contributed by atoms with E-state index in [1.54, 1.807) is 4.31 Å². The van der Waals surface area contributed by atoms with E-state index in [9.17, 15) is 13.2 Å². The lowest BCUT2D eigenvalue weighted by Crippen LogP contribution is -2.48. The van der Waals surface area contributed by atoms with E-state index in [4.69, 9.17) is 0 Å². The van der Waals surface area contributed by atoms with E-state index in [1.165, 1.54) is 31.9 Å². The van der Waals surface area contributed by atoms with Crippen LogP contribution in [-0.4, -0.2) is 55.5 Å². The first-order valence-corrected chi connectivity index (χ1v) is 11.0. The number of rotatable bonds is 5. The quantitative estimate of drug-likeness (QED) is 0.769. The molecule has 3 fully saturated rings. The summed E-state index contributed by atoms with van der Waals surface area (Å²) in [6.07, 6.45) is 8.83. The molecule has 1 saturated heterocycles. The maximum atomic E-state index is 12.6. The van der Waals surface area contributed by atoms with Gasteiger partial charge in [0.05, 0.1) is 6.26 Å². The minimum Gasteiger partial charge on any atom is -0.343 e. The van der Waals surface area contributed by atoms with Gasteiger partial charge in [0.2, 0.25) is 15.9 Å². The summed E-state index contributed by atoms with van der Waals surface area (Å²) in [6, 6.07) is 0.0570. The number of carbonyl (C=O) groups excluding carboxylic acids is 1. The van der Waals surface area contributed by atoms with Crippen molar-refractivity contribution >= 4 is 15.9 Å². The summed E-state index contributed by atoms with van der Waals surface area (Å²) in [4.78, 5) is 14.5. The molecule has 3 atom stereocenters. The van der Waals surface area contributed by atoms with Crippen molar-refractivity contribution in [2.75, 3.05) is 25.9 Å². The van der Waals surface area contributed by atoms with Crippen LogP contribution < -0.4 is 0 Å². The molecule has 0 aromatic rings. The van der Waals surface area contributed by atoms with Gasteiger partial charge in [0.1, 0.15) is 0 Å². The molecule has 0 spiro atoms. The third-order valence-corrected chi connectivity index (χ3v) is 7.69. The van der Waals surface area contributed by atoms with Crippen LogP contribution in [-0.2, 0) is 14.8 Å². The molecule has 0 radical (unpaired) electrons. The van der Waals surface area contributed by atoms with Crippen LogP contribution in [0.5, 0.6) is 0 Å². The molecule has 0 N–H and O–H groups in total. The first kappa shape index (κ1) is 17.2. The zero-order chi connectivity index (χ0) is 16.6.